The first-order valence-electron chi connectivity index (χ1n) is 9.84. The van der Waals surface area contributed by atoms with Crippen molar-refractivity contribution in [1.29, 1.82) is 0 Å². The Bertz CT molecular complexity index is 1380. The quantitative estimate of drug-likeness (QED) is 0.555. The fraction of sp³-hybridized carbons (Fsp3) is 0.0800. The lowest BCUT2D eigenvalue weighted by atomic mass is 9.94. The van der Waals surface area contributed by atoms with Crippen molar-refractivity contribution in [1.82, 2.24) is 0 Å². The summed E-state index contributed by atoms with van der Waals surface area (Å²) in [5.74, 6) is 1.19. The molecule has 32 heavy (non-hydrogen) atoms. The van der Waals surface area contributed by atoms with Crippen molar-refractivity contribution in [3.05, 3.63) is 95.2 Å². The summed E-state index contributed by atoms with van der Waals surface area (Å²) >= 11 is 0. The molecule has 2 aliphatic rings. The van der Waals surface area contributed by atoms with Crippen LogP contribution in [0.15, 0.2) is 83.5 Å². The van der Waals surface area contributed by atoms with Gasteiger partial charge in [-0.2, -0.15) is 0 Å². The second kappa shape index (κ2) is 7.69. The first kappa shape index (κ1) is 20.1. The van der Waals surface area contributed by atoms with Gasteiger partial charge in [0.15, 0.2) is 21.3 Å². The number of sulfone groups is 1. The van der Waals surface area contributed by atoms with Gasteiger partial charge in [-0.15, -0.1) is 0 Å². The Morgan fingerprint density at radius 2 is 1.50 bits per heavy atom. The molecule has 2 heterocycles. The van der Waals surface area contributed by atoms with Gasteiger partial charge in [0.2, 0.25) is 6.79 Å². The van der Waals surface area contributed by atoms with Crippen LogP contribution in [-0.4, -0.2) is 27.4 Å². The zero-order valence-electron chi connectivity index (χ0n) is 17.1. The SMILES string of the molecule is CS(=O)(=O)c1ccc(C2=C(c3ccccc3)C(=O)O/C2=C\c2ccc3c(c2)OCO3)cc1. The fourth-order valence-electron chi connectivity index (χ4n) is 3.71. The molecule has 3 aromatic carbocycles. The van der Waals surface area contributed by atoms with Crippen LogP contribution in [0, 0.1) is 0 Å². The second-order valence-corrected chi connectivity index (χ2v) is 9.44. The third-order valence-electron chi connectivity index (χ3n) is 5.23. The van der Waals surface area contributed by atoms with Crippen LogP contribution < -0.4 is 9.47 Å². The van der Waals surface area contributed by atoms with E-state index in [4.69, 9.17) is 14.2 Å². The summed E-state index contributed by atoms with van der Waals surface area (Å²) in [5, 5.41) is 0. The molecular formula is C25H18O6S. The van der Waals surface area contributed by atoms with E-state index < -0.39 is 15.8 Å². The highest BCUT2D eigenvalue weighted by Crippen LogP contribution is 2.41. The van der Waals surface area contributed by atoms with Gasteiger partial charge in [-0.1, -0.05) is 48.5 Å². The largest absolute Gasteiger partial charge is 0.454 e. The number of cyclic esters (lactones) is 1. The van der Waals surface area contributed by atoms with Crippen molar-refractivity contribution in [2.75, 3.05) is 13.0 Å². The maximum Gasteiger partial charge on any atom is 0.344 e. The van der Waals surface area contributed by atoms with Crippen molar-refractivity contribution in [2.45, 2.75) is 4.90 Å². The lowest BCUT2D eigenvalue weighted by molar-refractivity contribution is -0.131. The van der Waals surface area contributed by atoms with Crippen LogP contribution in [0.4, 0.5) is 0 Å². The van der Waals surface area contributed by atoms with E-state index in [1.54, 1.807) is 24.3 Å². The van der Waals surface area contributed by atoms with Crippen molar-refractivity contribution in [3.8, 4) is 11.5 Å². The molecule has 0 aliphatic carbocycles. The molecule has 0 saturated carbocycles. The van der Waals surface area contributed by atoms with E-state index in [0.29, 0.717) is 39.5 Å². The zero-order valence-corrected chi connectivity index (χ0v) is 17.9. The molecule has 0 radical (unpaired) electrons. The van der Waals surface area contributed by atoms with E-state index >= 15 is 0 Å². The molecule has 0 atom stereocenters. The number of esters is 1. The number of carbonyl (C=O) groups excluding carboxylic acids is 1. The molecule has 0 fully saturated rings. The zero-order chi connectivity index (χ0) is 22.3. The predicted octanol–water partition coefficient (Wildman–Crippen LogP) is 4.33. The maximum absolute atomic E-state index is 12.9. The molecule has 0 unspecified atom stereocenters. The highest BCUT2D eigenvalue weighted by Gasteiger charge is 2.32. The van der Waals surface area contributed by atoms with E-state index in [1.165, 1.54) is 12.1 Å². The van der Waals surface area contributed by atoms with E-state index in [1.807, 2.05) is 42.5 Å². The van der Waals surface area contributed by atoms with Gasteiger partial charge in [0.25, 0.3) is 0 Å². The summed E-state index contributed by atoms with van der Waals surface area (Å²) in [5.41, 5.74) is 3.18. The molecule has 0 spiro atoms. The molecular weight excluding hydrogens is 428 g/mol. The Balaban J connectivity index is 1.67. The highest BCUT2D eigenvalue weighted by molar-refractivity contribution is 7.90. The molecule has 0 aromatic heterocycles. The van der Waals surface area contributed by atoms with Crippen molar-refractivity contribution in [3.63, 3.8) is 0 Å². The Morgan fingerprint density at radius 1 is 0.812 bits per heavy atom. The van der Waals surface area contributed by atoms with Gasteiger partial charge < -0.3 is 14.2 Å². The number of fused-ring (bicyclic) bond motifs is 1. The molecule has 0 amide bonds. The van der Waals surface area contributed by atoms with Crippen LogP contribution in [0.3, 0.4) is 0 Å². The molecule has 0 N–H and O–H groups in total. The van der Waals surface area contributed by atoms with Gasteiger partial charge in [0.05, 0.1) is 10.5 Å². The van der Waals surface area contributed by atoms with E-state index in [0.717, 1.165) is 11.8 Å². The van der Waals surface area contributed by atoms with Crippen molar-refractivity contribution < 1.29 is 27.4 Å². The smallest absolute Gasteiger partial charge is 0.344 e. The van der Waals surface area contributed by atoms with Gasteiger partial charge in [-0.3, -0.25) is 0 Å². The molecule has 160 valence electrons. The van der Waals surface area contributed by atoms with E-state index in [9.17, 15) is 13.2 Å². The molecule has 0 saturated heterocycles. The lowest BCUT2D eigenvalue weighted by Crippen LogP contribution is -1.98. The third kappa shape index (κ3) is 3.67. The fourth-order valence-corrected chi connectivity index (χ4v) is 4.34. The Labute approximate surface area is 185 Å². The number of rotatable bonds is 4. The van der Waals surface area contributed by atoms with Crippen LogP contribution in [-0.2, 0) is 19.4 Å². The number of ether oxygens (including phenoxy) is 3. The third-order valence-corrected chi connectivity index (χ3v) is 6.36. The monoisotopic (exact) mass is 446 g/mol. The summed E-state index contributed by atoms with van der Waals surface area (Å²) in [6.07, 6.45) is 2.92. The molecule has 7 heteroatoms. The second-order valence-electron chi connectivity index (χ2n) is 7.42. The number of allylic oxidation sites excluding steroid dienone is 1. The van der Waals surface area contributed by atoms with Crippen molar-refractivity contribution >= 4 is 33.0 Å². The predicted molar refractivity (Wildman–Crippen MR) is 119 cm³/mol. The number of hydrogen-bond donors (Lipinski definition) is 0. The number of benzene rings is 3. The lowest BCUT2D eigenvalue weighted by Gasteiger charge is -2.08. The first-order chi connectivity index (χ1) is 15.4. The minimum Gasteiger partial charge on any atom is -0.454 e. The molecule has 5 rings (SSSR count). The van der Waals surface area contributed by atoms with Crippen molar-refractivity contribution in [2.24, 2.45) is 0 Å². The Kier molecular flexibility index (Phi) is 4.83. The normalized spacial score (nSPS) is 16.5. The molecule has 0 bridgehead atoms. The molecule has 6 nitrogen and oxygen atoms in total. The first-order valence-corrected chi connectivity index (χ1v) is 11.7. The van der Waals surface area contributed by atoms with E-state index in [-0.39, 0.29) is 11.7 Å². The van der Waals surface area contributed by atoms with Crippen LogP contribution in [0.5, 0.6) is 11.5 Å². The topological polar surface area (TPSA) is 78.9 Å². The highest BCUT2D eigenvalue weighted by atomic mass is 32.2. The van der Waals surface area contributed by atoms with Crippen LogP contribution in [0.2, 0.25) is 0 Å². The summed E-state index contributed by atoms with van der Waals surface area (Å²) < 4.78 is 40.2. The van der Waals surface area contributed by atoms with Gasteiger partial charge in [0.1, 0.15) is 5.76 Å². The van der Waals surface area contributed by atoms with Gasteiger partial charge in [0, 0.05) is 11.8 Å². The number of hydrogen-bond acceptors (Lipinski definition) is 6. The summed E-state index contributed by atoms with van der Waals surface area (Å²) in [6, 6.07) is 21.1. The molecule has 3 aromatic rings. The average molecular weight is 446 g/mol. The van der Waals surface area contributed by atoms with Gasteiger partial charge in [-0.25, -0.2) is 13.2 Å². The van der Waals surface area contributed by atoms with Gasteiger partial charge >= 0.3 is 5.97 Å². The Hall–Kier alpha value is -3.84. The van der Waals surface area contributed by atoms with Gasteiger partial charge in [-0.05, 0) is 47.0 Å². The average Bonchev–Trinajstić information content (AvgIpc) is 3.37. The summed E-state index contributed by atoms with van der Waals surface area (Å²) in [7, 11) is -3.34. The van der Waals surface area contributed by atoms with E-state index in [2.05, 4.69) is 0 Å². The number of carbonyl (C=O) groups is 1. The van der Waals surface area contributed by atoms with Crippen LogP contribution in [0.1, 0.15) is 16.7 Å². The summed E-state index contributed by atoms with van der Waals surface area (Å²) in [6.45, 7) is 0.167. The van der Waals surface area contributed by atoms with Crippen LogP contribution in [0.25, 0.3) is 17.2 Å². The minimum absolute atomic E-state index is 0.167. The maximum atomic E-state index is 12.9. The summed E-state index contributed by atoms with van der Waals surface area (Å²) in [4.78, 5) is 13.1. The minimum atomic E-state index is -3.34. The Morgan fingerprint density at radius 3 is 2.22 bits per heavy atom. The molecule has 2 aliphatic heterocycles. The standard InChI is InChI=1S/C25H18O6S/c1-32(27,28)19-10-8-18(9-11-19)23-22(14-16-7-12-20-21(13-16)30-15-29-20)31-25(26)24(23)17-5-3-2-4-6-17/h2-14H,15H2,1H3/b22-14-. The van der Waals surface area contributed by atoms with Crippen LogP contribution >= 0.6 is 0 Å².